The van der Waals surface area contributed by atoms with Crippen LogP contribution < -0.4 is 10.1 Å². The summed E-state index contributed by atoms with van der Waals surface area (Å²) >= 11 is 0. The number of aromatic nitrogens is 1. The van der Waals surface area contributed by atoms with Crippen LogP contribution in [0.15, 0.2) is 27.0 Å². The number of aldehydes is 1. The van der Waals surface area contributed by atoms with Gasteiger partial charge in [-0.3, -0.25) is 4.79 Å². The van der Waals surface area contributed by atoms with Gasteiger partial charge in [-0.25, -0.2) is 4.98 Å². The maximum atomic E-state index is 12.5. The maximum Gasteiger partial charge on any atom is 0.256 e. The topological polar surface area (TPSA) is 115 Å². The van der Waals surface area contributed by atoms with Crippen molar-refractivity contribution in [2.45, 2.75) is 33.4 Å². The van der Waals surface area contributed by atoms with Gasteiger partial charge in [-0.15, -0.1) is 0 Å². The number of rotatable bonds is 7. The predicted molar refractivity (Wildman–Crippen MR) is 95.7 cm³/mol. The molecule has 142 valence electrons. The predicted octanol–water partition coefficient (Wildman–Crippen LogP) is 2.21. The molecule has 1 amide bonds. The zero-order valence-electron chi connectivity index (χ0n) is 15.2. The van der Waals surface area contributed by atoms with Gasteiger partial charge >= 0.3 is 0 Å². The molecule has 0 radical (unpaired) electrons. The van der Waals surface area contributed by atoms with Crippen molar-refractivity contribution in [1.82, 2.24) is 10.3 Å². The van der Waals surface area contributed by atoms with Crippen molar-refractivity contribution in [3.63, 3.8) is 0 Å². The largest absolute Gasteiger partial charge is 0.486 e. The normalized spacial score (nSPS) is 12.1. The second-order valence-corrected chi connectivity index (χ2v) is 6.12. The van der Waals surface area contributed by atoms with Gasteiger partial charge in [-0.05, 0) is 32.0 Å². The first-order valence-electron chi connectivity index (χ1n) is 8.38. The number of furan rings is 1. The van der Waals surface area contributed by atoms with E-state index in [0.29, 0.717) is 46.0 Å². The van der Waals surface area contributed by atoms with E-state index in [0.717, 1.165) is 5.69 Å². The molecule has 0 aliphatic rings. The number of nitrogens with one attached hydrogen (secondary N) is 1. The van der Waals surface area contributed by atoms with Gasteiger partial charge in [0, 0.05) is 12.3 Å². The minimum absolute atomic E-state index is 0.203. The number of amides is 1. The summed E-state index contributed by atoms with van der Waals surface area (Å²) < 4.78 is 16.9. The first-order chi connectivity index (χ1) is 12.9. The van der Waals surface area contributed by atoms with Crippen LogP contribution in [0.25, 0.3) is 11.0 Å². The third-order valence-electron chi connectivity index (χ3n) is 4.11. The smallest absolute Gasteiger partial charge is 0.256 e. The first-order valence-corrected chi connectivity index (χ1v) is 8.38. The van der Waals surface area contributed by atoms with Crippen LogP contribution in [0, 0.1) is 20.8 Å². The van der Waals surface area contributed by atoms with Crippen molar-refractivity contribution in [1.29, 1.82) is 0 Å². The van der Waals surface area contributed by atoms with Crippen LogP contribution in [0.3, 0.4) is 0 Å². The Balaban J connectivity index is 1.86. The van der Waals surface area contributed by atoms with Crippen molar-refractivity contribution in [2.75, 3.05) is 6.61 Å². The molecule has 0 spiro atoms. The Labute approximate surface area is 155 Å². The van der Waals surface area contributed by atoms with Gasteiger partial charge in [-0.2, -0.15) is 0 Å². The summed E-state index contributed by atoms with van der Waals surface area (Å²) in [7, 11) is 0. The molecule has 3 rings (SSSR count). The van der Waals surface area contributed by atoms with Crippen LogP contribution in [0.4, 0.5) is 0 Å². The lowest BCUT2D eigenvalue weighted by Gasteiger charge is -2.09. The number of aliphatic hydroxyl groups excluding tert-OH is 1. The molecule has 0 bridgehead atoms. The highest BCUT2D eigenvalue weighted by molar-refractivity contribution is 6.08. The van der Waals surface area contributed by atoms with Crippen molar-refractivity contribution < 1.29 is 28.3 Å². The third kappa shape index (κ3) is 3.85. The fourth-order valence-corrected chi connectivity index (χ4v) is 2.79. The summed E-state index contributed by atoms with van der Waals surface area (Å²) in [4.78, 5) is 27.6. The number of aliphatic hydroxyl groups is 1. The first kappa shape index (κ1) is 18.7. The van der Waals surface area contributed by atoms with E-state index in [-0.39, 0.29) is 6.61 Å². The molecular weight excluding hydrogens is 352 g/mol. The number of hydrogen-bond acceptors (Lipinski definition) is 7. The van der Waals surface area contributed by atoms with Gasteiger partial charge in [-0.1, -0.05) is 0 Å². The zero-order valence-corrected chi connectivity index (χ0v) is 15.2. The third-order valence-corrected chi connectivity index (χ3v) is 4.11. The van der Waals surface area contributed by atoms with E-state index in [1.54, 1.807) is 32.0 Å². The fraction of sp³-hybridized carbons (Fsp3) is 0.316. The summed E-state index contributed by atoms with van der Waals surface area (Å²) in [5.74, 6) is 1.63. The quantitative estimate of drug-likeness (QED) is 0.611. The Morgan fingerprint density at radius 1 is 1.33 bits per heavy atom. The van der Waals surface area contributed by atoms with Gasteiger partial charge in [0.2, 0.25) is 0 Å². The average molecular weight is 372 g/mol. The van der Waals surface area contributed by atoms with E-state index in [4.69, 9.17) is 18.7 Å². The molecule has 27 heavy (non-hydrogen) atoms. The molecule has 2 aromatic heterocycles. The summed E-state index contributed by atoms with van der Waals surface area (Å²) in [5.41, 5.74) is 1.57. The Morgan fingerprint density at radius 3 is 2.74 bits per heavy atom. The molecule has 0 saturated heterocycles. The summed E-state index contributed by atoms with van der Waals surface area (Å²) in [6.45, 7) is 4.99. The number of ether oxygens (including phenoxy) is 1. The second kappa shape index (κ2) is 7.63. The molecule has 0 aliphatic carbocycles. The Morgan fingerprint density at radius 2 is 2.11 bits per heavy atom. The number of carbonyl (C=O) groups is 2. The van der Waals surface area contributed by atoms with Crippen LogP contribution >= 0.6 is 0 Å². The Hall–Kier alpha value is -3.13. The van der Waals surface area contributed by atoms with Gasteiger partial charge in [0.05, 0.1) is 17.9 Å². The number of nitrogens with zero attached hydrogens (tertiary/aromatic N) is 1. The molecule has 2 heterocycles. The standard InChI is InChI=1S/C19H20N2O6/c1-10-17(27-12(3)20-10)9-25-14-4-5-16-15(6-14)18(11(2)26-16)19(24)21-13(7-22)8-23/h4-7,13,23H,8-9H2,1-3H3,(H,21,24). The van der Waals surface area contributed by atoms with E-state index in [9.17, 15) is 9.59 Å². The highest BCUT2D eigenvalue weighted by Gasteiger charge is 2.21. The molecule has 1 atom stereocenters. The number of fused-ring (bicyclic) bond motifs is 1. The van der Waals surface area contributed by atoms with Gasteiger partial charge in [0.1, 0.15) is 36.0 Å². The molecule has 8 heteroatoms. The molecule has 1 unspecified atom stereocenters. The lowest BCUT2D eigenvalue weighted by molar-refractivity contribution is -0.110. The molecule has 0 aliphatic heterocycles. The van der Waals surface area contributed by atoms with E-state index in [1.165, 1.54) is 0 Å². The van der Waals surface area contributed by atoms with Crippen LogP contribution in [0.5, 0.6) is 5.75 Å². The number of aryl methyl sites for hydroxylation is 3. The molecule has 3 aromatic rings. The van der Waals surface area contributed by atoms with E-state index >= 15 is 0 Å². The molecule has 1 aromatic carbocycles. The highest BCUT2D eigenvalue weighted by Crippen LogP contribution is 2.29. The lowest BCUT2D eigenvalue weighted by atomic mass is 10.1. The average Bonchev–Trinajstić information content (AvgIpc) is 3.14. The van der Waals surface area contributed by atoms with Crippen LogP contribution in [0.2, 0.25) is 0 Å². The number of benzene rings is 1. The summed E-state index contributed by atoms with van der Waals surface area (Å²) in [6, 6.07) is 4.15. The molecular formula is C19H20N2O6. The zero-order chi connectivity index (χ0) is 19.6. The van der Waals surface area contributed by atoms with Crippen LogP contribution in [-0.2, 0) is 11.4 Å². The van der Waals surface area contributed by atoms with Crippen molar-refractivity contribution in [3.05, 3.63) is 46.9 Å². The second-order valence-electron chi connectivity index (χ2n) is 6.12. The molecule has 0 fully saturated rings. The van der Waals surface area contributed by atoms with Gasteiger partial charge < -0.3 is 28.8 Å². The minimum Gasteiger partial charge on any atom is -0.486 e. The maximum absolute atomic E-state index is 12.5. The molecule has 0 saturated carbocycles. The minimum atomic E-state index is -0.973. The van der Waals surface area contributed by atoms with E-state index in [2.05, 4.69) is 10.3 Å². The molecule has 8 nitrogen and oxygen atoms in total. The van der Waals surface area contributed by atoms with Crippen molar-refractivity contribution in [2.24, 2.45) is 0 Å². The van der Waals surface area contributed by atoms with Crippen molar-refractivity contribution in [3.8, 4) is 5.75 Å². The van der Waals surface area contributed by atoms with Crippen molar-refractivity contribution >= 4 is 23.2 Å². The van der Waals surface area contributed by atoms with E-state index in [1.807, 2.05) is 6.92 Å². The van der Waals surface area contributed by atoms with Crippen LogP contribution in [-0.4, -0.2) is 34.9 Å². The molecule has 2 N–H and O–H groups in total. The Bertz CT molecular complexity index is 988. The van der Waals surface area contributed by atoms with Gasteiger partial charge in [0.15, 0.2) is 11.7 Å². The number of hydrogen-bond donors (Lipinski definition) is 2. The Kier molecular flexibility index (Phi) is 5.27. The van der Waals surface area contributed by atoms with Crippen LogP contribution in [0.1, 0.15) is 33.5 Å². The number of carbonyl (C=O) groups excluding carboxylic acids is 2. The summed E-state index contributed by atoms with van der Waals surface area (Å²) in [5, 5.41) is 12.1. The summed E-state index contributed by atoms with van der Waals surface area (Å²) in [6.07, 6.45) is 0.478. The van der Waals surface area contributed by atoms with Gasteiger partial charge in [0.25, 0.3) is 5.91 Å². The lowest BCUT2D eigenvalue weighted by Crippen LogP contribution is -2.38. The highest BCUT2D eigenvalue weighted by atomic mass is 16.5. The van der Waals surface area contributed by atoms with E-state index < -0.39 is 18.6 Å². The number of oxazole rings is 1. The fourth-order valence-electron chi connectivity index (χ4n) is 2.79. The monoisotopic (exact) mass is 372 g/mol. The SMILES string of the molecule is Cc1nc(C)c(COc2ccc3oc(C)c(C(=O)NC(C=O)CO)c3c2)o1.